The number of para-hydroxylation sites is 2. The quantitative estimate of drug-likeness (QED) is 0.171. The summed E-state index contributed by atoms with van der Waals surface area (Å²) in [5, 5.41) is 2.54. The fourth-order valence-electron chi connectivity index (χ4n) is 10.8. The van der Waals surface area contributed by atoms with E-state index in [9.17, 15) is 0 Å². The molecule has 0 saturated heterocycles. The van der Waals surface area contributed by atoms with Crippen LogP contribution in [0.4, 0.5) is 11.4 Å². The highest BCUT2D eigenvalue weighted by molar-refractivity contribution is 6.10. The zero-order valence-electron chi connectivity index (χ0n) is 31.5. The molecule has 7 aromatic carbocycles. The number of anilines is 2. The number of aromatic nitrogens is 1. The summed E-state index contributed by atoms with van der Waals surface area (Å²) in [7, 11) is 0. The van der Waals surface area contributed by atoms with Crippen molar-refractivity contribution in [3.05, 3.63) is 235 Å². The van der Waals surface area contributed by atoms with E-state index in [0.717, 1.165) is 6.42 Å². The van der Waals surface area contributed by atoms with E-state index in [4.69, 9.17) is 0 Å². The van der Waals surface area contributed by atoms with Crippen molar-refractivity contribution in [1.82, 2.24) is 4.57 Å². The summed E-state index contributed by atoms with van der Waals surface area (Å²) in [5.41, 5.74) is 16.5. The number of allylic oxidation sites excluding steroid dienone is 6. The lowest BCUT2D eigenvalue weighted by Crippen LogP contribution is -2.35. The predicted molar refractivity (Wildman–Crippen MR) is 238 cm³/mol. The van der Waals surface area contributed by atoms with Gasteiger partial charge in [-0.05, 0) is 111 Å². The second-order valence-corrected chi connectivity index (χ2v) is 16.0. The molecule has 4 unspecified atom stereocenters. The van der Waals surface area contributed by atoms with Crippen LogP contribution < -0.4 is 4.90 Å². The van der Waals surface area contributed by atoms with Gasteiger partial charge in [-0.1, -0.05) is 158 Å². The zero-order chi connectivity index (χ0) is 37.5. The van der Waals surface area contributed by atoms with Crippen LogP contribution >= 0.6 is 0 Å². The van der Waals surface area contributed by atoms with Crippen LogP contribution in [0.1, 0.15) is 34.6 Å². The van der Waals surface area contributed by atoms with Crippen LogP contribution in [0.3, 0.4) is 0 Å². The lowest BCUT2D eigenvalue weighted by molar-refractivity contribution is 0.457. The molecule has 57 heavy (non-hydrogen) atoms. The SMILES string of the molecule is C1=CCC(C2(c3ccccc3)c3ccccc3-c3ccc(-n4c5ccccc5c5cc(-c6ccc7c(c6)C6C=CC=CC6N7c6ccccc6)ccc54)cc32)C=C1. The number of benzene rings is 7. The van der Waals surface area contributed by atoms with Crippen LogP contribution in [0.25, 0.3) is 49.7 Å². The molecule has 0 saturated carbocycles. The maximum Gasteiger partial charge on any atom is 0.0629 e. The molecule has 3 aliphatic carbocycles. The van der Waals surface area contributed by atoms with Gasteiger partial charge in [-0.3, -0.25) is 0 Å². The second-order valence-electron chi connectivity index (χ2n) is 16.0. The van der Waals surface area contributed by atoms with E-state index >= 15 is 0 Å². The van der Waals surface area contributed by atoms with Crippen LogP contribution in [0, 0.1) is 5.92 Å². The van der Waals surface area contributed by atoms with Gasteiger partial charge in [-0.25, -0.2) is 0 Å². The minimum Gasteiger partial charge on any atom is -0.333 e. The van der Waals surface area contributed by atoms with E-state index in [1.807, 2.05) is 0 Å². The normalized spacial score (nSPS) is 21.2. The van der Waals surface area contributed by atoms with Crippen molar-refractivity contribution in [2.75, 3.05) is 4.90 Å². The van der Waals surface area contributed by atoms with Crippen molar-refractivity contribution in [2.24, 2.45) is 5.92 Å². The van der Waals surface area contributed by atoms with Crippen LogP contribution in [0.2, 0.25) is 0 Å². The monoisotopic (exact) mass is 728 g/mol. The largest absolute Gasteiger partial charge is 0.333 e. The minimum atomic E-state index is -0.317. The molecule has 12 rings (SSSR count). The van der Waals surface area contributed by atoms with Gasteiger partial charge >= 0.3 is 0 Å². The van der Waals surface area contributed by atoms with E-state index in [2.05, 4.69) is 222 Å². The molecule has 2 nitrogen and oxygen atoms in total. The highest BCUT2D eigenvalue weighted by atomic mass is 15.2. The Bertz CT molecular complexity index is 3010. The Labute approximate surface area is 333 Å². The molecule has 0 N–H and O–H groups in total. The number of nitrogens with zero attached hydrogens (tertiary/aromatic N) is 2. The van der Waals surface area contributed by atoms with Crippen LogP contribution in [0.15, 0.2) is 212 Å². The fourth-order valence-corrected chi connectivity index (χ4v) is 10.8. The Morgan fingerprint density at radius 3 is 2.09 bits per heavy atom. The lowest BCUT2D eigenvalue weighted by atomic mass is 9.62. The first kappa shape index (κ1) is 32.4. The van der Waals surface area contributed by atoms with Gasteiger partial charge in [0.05, 0.1) is 22.5 Å². The Morgan fingerprint density at radius 1 is 0.491 bits per heavy atom. The van der Waals surface area contributed by atoms with E-state index in [-0.39, 0.29) is 17.4 Å². The summed E-state index contributed by atoms with van der Waals surface area (Å²) < 4.78 is 2.49. The van der Waals surface area contributed by atoms with Gasteiger partial charge in [0.15, 0.2) is 0 Å². The van der Waals surface area contributed by atoms with Crippen molar-refractivity contribution in [3.8, 4) is 27.9 Å². The van der Waals surface area contributed by atoms with Crippen molar-refractivity contribution in [2.45, 2.75) is 23.8 Å². The molecule has 2 heterocycles. The molecule has 270 valence electrons. The van der Waals surface area contributed by atoms with Crippen LogP contribution in [-0.2, 0) is 5.41 Å². The van der Waals surface area contributed by atoms with Gasteiger partial charge in [0.2, 0.25) is 0 Å². The highest BCUT2D eigenvalue weighted by Gasteiger charge is 2.49. The van der Waals surface area contributed by atoms with E-state index < -0.39 is 0 Å². The third-order valence-corrected chi connectivity index (χ3v) is 13.2. The number of fused-ring (bicyclic) bond motifs is 9. The Hall–Kier alpha value is -6.90. The molecule has 1 aromatic heterocycles. The molecule has 1 aliphatic heterocycles. The first-order chi connectivity index (χ1) is 28.3. The maximum atomic E-state index is 2.51. The Kier molecular flexibility index (Phi) is 7.13. The lowest BCUT2D eigenvalue weighted by Gasteiger charge is -2.39. The molecule has 0 radical (unpaired) electrons. The second kappa shape index (κ2) is 12.6. The Balaban J connectivity index is 1.02. The molecular formula is C55H40N2. The first-order valence-corrected chi connectivity index (χ1v) is 20.3. The maximum absolute atomic E-state index is 2.51. The molecular weight excluding hydrogens is 689 g/mol. The van der Waals surface area contributed by atoms with Gasteiger partial charge in [-0.15, -0.1) is 0 Å². The summed E-state index contributed by atoms with van der Waals surface area (Å²) in [6.45, 7) is 0. The van der Waals surface area contributed by atoms with Crippen LogP contribution in [0.5, 0.6) is 0 Å². The van der Waals surface area contributed by atoms with E-state index in [1.54, 1.807) is 0 Å². The minimum absolute atomic E-state index is 0.273. The predicted octanol–water partition coefficient (Wildman–Crippen LogP) is 13.6. The topological polar surface area (TPSA) is 8.17 Å². The van der Waals surface area contributed by atoms with Gasteiger partial charge in [0.25, 0.3) is 0 Å². The molecule has 0 bridgehead atoms. The summed E-state index contributed by atoms with van der Waals surface area (Å²) in [4.78, 5) is 2.50. The number of rotatable bonds is 5. The average molecular weight is 729 g/mol. The molecule has 2 heteroatoms. The molecule has 0 fully saturated rings. The zero-order valence-corrected chi connectivity index (χ0v) is 31.5. The third-order valence-electron chi connectivity index (χ3n) is 13.2. The van der Waals surface area contributed by atoms with Gasteiger partial charge < -0.3 is 9.47 Å². The molecule has 8 aromatic rings. The highest BCUT2D eigenvalue weighted by Crippen LogP contribution is 2.58. The standard InChI is InChI=1S/C55H40N2/c1-4-16-39(17-5-1)55(40-18-6-2-7-19-40)49-25-13-10-22-43(49)44-31-30-42(36-50(44)55)57-52-27-15-12-24-46(52)48-35-38(29-33-54(48)57)37-28-32-53-47(34-37)45-23-11-14-26-51(45)56(53)41-20-8-3-9-21-41/h1-18,20-36,40,45,51H,19H2. The van der Waals surface area contributed by atoms with Crippen molar-refractivity contribution < 1.29 is 0 Å². The van der Waals surface area contributed by atoms with Gasteiger partial charge in [-0.2, -0.15) is 0 Å². The summed E-state index contributed by atoms with van der Waals surface area (Å²) in [6, 6.07) is 61.8. The summed E-state index contributed by atoms with van der Waals surface area (Å²) in [5.74, 6) is 0.593. The van der Waals surface area contributed by atoms with Gasteiger partial charge in [0.1, 0.15) is 0 Å². The molecule has 4 atom stereocenters. The summed E-state index contributed by atoms with van der Waals surface area (Å²) >= 11 is 0. The molecule has 0 amide bonds. The van der Waals surface area contributed by atoms with Crippen molar-refractivity contribution >= 4 is 33.2 Å². The smallest absolute Gasteiger partial charge is 0.0629 e. The molecule has 4 aliphatic rings. The third kappa shape index (κ3) is 4.65. The number of hydrogen-bond acceptors (Lipinski definition) is 1. The number of hydrogen-bond donors (Lipinski definition) is 0. The van der Waals surface area contributed by atoms with Gasteiger partial charge in [0, 0.05) is 33.8 Å². The van der Waals surface area contributed by atoms with Crippen molar-refractivity contribution in [3.63, 3.8) is 0 Å². The molecule has 0 spiro atoms. The van der Waals surface area contributed by atoms with E-state index in [0.29, 0.717) is 5.92 Å². The summed E-state index contributed by atoms with van der Waals surface area (Å²) in [6.07, 6.45) is 19.3. The Morgan fingerprint density at radius 2 is 1.21 bits per heavy atom. The van der Waals surface area contributed by atoms with E-state index in [1.165, 1.54) is 83.4 Å². The fraction of sp³-hybridized carbons (Fsp3) is 0.0909. The first-order valence-electron chi connectivity index (χ1n) is 20.3. The average Bonchev–Trinajstić information content (AvgIpc) is 3.91. The van der Waals surface area contributed by atoms with Crippen LogP contribution in [-0.4, -0.2) is 10.6 Å². The van der Waals surface area contributed by atoms with Crippen molar-refractivity contribution in [1.29, 1.82) is 0 Å².